The van der Waals surface area contributed by atoms with Crippen molar-refractivity contribution >= 4 is 21.6 Å². The van der Waals surface area contributed by atoms with Crippen LogP contribution in [0.4, 0.5) is 10.1 Å². The molecule has 5 heteroatoms. The van der Waals surface area contributed by atoms with Crippen LogP contribution in [0.3, 0.4) is 0 Å². The van der Waals surface area contributed by atoms with E-state index in [0.717, 1.165) is 25.9 Å². The lowest BCUT2D eigenvalue weighted by molar-refractivity contribution is 0.375. The topological polar surface area (TPSA) is 39.1 Å². The standard InChI is InChI=1S/C15H19BrFN3/c1-3-11-9-20(12(4-2)8-19-11)13-6-5-10(7-18)14(16)15(13)17/h5-6,11-12,19H,3-4,8-9H2,1-2H3. The Morgan fingerprint density at radius 1 is 1.45 bits per heavy atom. The molecule has 0 aromatic heterocycles. The van der Waals surface area contributed by atoms with E-state index in [1.54, 1.807) is 12.1 Å². The molecule has 2 atom stereocenters. The van der Waals surface area contributed by atoms with Crippen molar-refractivity contribution in [3.8, 4) is 6.07 Å². The van der Waals surface area contributed by atoms with Gasteiger partial charge in [-0.2, -0.15) is 5.26 Å². The van der Waals surface area contributed by atoms with Gasteiger partial charge in [-0.25, -0.2) is 4.39 Å². The molecule has 0 spiro atoms. The van der Waals surface area contributed by atoms with Crippen LogP contribution in [0.2, 0.25) is 0 Å². The maximum Gasteiger partial charge on any atom is 0.161 e. The van der Waals surface area contributed by atoms with Crippen molar-refractivity contribution in [2.45, 2.75) is 38.8 Å². The summed E-state index contributed by atoms with van der Waals surface area (Å²) in [4.78, 5) is 2.13. The normalized spacial score (nSPS) is 22.6. The lowest BCUT2D eigenvalue weighted by Crippen LogP contribution is -2.56. The third kappa shape index (κ3) is 2.82. The van der Waals surface area contributed by atoms with E-state index in [-0.39, 0.29) is 16.3 Å². The molecule has 0 aliphatic carbocycles. The van der Waals surface area contributed by atoms with Crippen LogP contribution in [0.5, 0.6) is 0 Å². The van der Waals surface area contributed by atoms with E-state index < -0.39 is 0 Å². The van der Waals surface area contributed by atoms with Crippen LogP contribution in [-0.2, 0) is 0 Å². The number of nitriles is 1. The number of piperazine rings is 1. The van der Waals surface area contributed by atoms with Crippen LogP contribution in [-0.4, -0.2) is 25.2 Å². The number of hydrogen-bond donors (Lipinski definition) is 1. The van der Waals surface area contributed by atoms with E-state index >= 15 is 0 Å². The molecule has 108 valence electrons. The minimum atomic E-state index is -0.334. The molecule has 3 nitrogen and oxygen atoms in total. The fourth-order valence-corrected chi connectivity index (χ4v) is 3.07. The zero-order valence-corrected chi connectivity index (χ0v) is 13.4. The SMILES string of the molecule is CCC1CN(c2ccc(C#N)c(Br)c2F)C(CC)CN1. The van der Waals surface area contributed by atoms with Gasteiger partial charge in [0.1, 0.15) is 6.07 Å². The van der Waals surface area contributed by atoms with Crippen LogP contribution in [0.25, 0.3) is 0 Å². The Morgan fingerprint density at radius 3 is 2.80 bits per heavy atom. The molecule has 1 heterocycles. The molecule has 1 fully saturated rings. The summed E-state index contributed by atoms with van der Waals surface area (Å²) in [5.41, 5.74) is 0.921. The summed E-state index contributed by atoms with van der Waals surface area (Å²) in [6.07, 6.45) is 1.98. The highest BCUT2D eigenvalue weighted by Crippen LogP contribution is 2.31. The lowest BCUT2D eigenvalue weighted by atomic mass is 10.0. The third-order valence-electron chi connectivity index (χ3n) is 3.96. The van der Waals surface area contributed by atoms with Crippen molar-refractivity contribution in [3.05, 3.63) is 28.0 Å². The number of nitrogens with zero attached hydrogens (tertiary/aromatic N) is 2. The molecule has 0 saturated carbocycles. The van der Waals surface area contributed by atoms with Crippen molar-refractivity contribution < 1.29 is 4.39 Å². The zero-order chi connectivity index (χ0) is 14.7. The van der Waals surface area contributed by atoms with Gasteiger partial charge in [0.05, 0.1) is 15.7 Å². The third-order valence-corrected chi connectivity index (χ3v) is 4.73. The Bertz CT molecular complexity index is 527. The van der Waals surface area contributed by atoms with Crippen LogP contribution < -0.4 is 10.2 Å². The first kappa shape index (κ1) is 15.3. The first-order chi connectivity index (χ1) is 9.62. The first-order valence-corrected chi connectivity index (χ1v) is 7.79. The zero-order valence-electron chi connectivity index (χ0n) is 11.8. The van der Waals surface area contributed by atoms with Gasteiger partial charge >= 0.3 is 0 Å². The fraction of sp³-hybridized carbons (Fsp3) is 0.533. The Morgan fingerprint density at radius 2 is 2.20 bits per heavy atom. The van der Waals surface area contributed by atoms with Gasteiger partial charge in [0.25, 0.3) is 0 Å². The fourth-order valence-electron chi connectivity index (χ4n) is 2.64. The second-order valence-electron chi connectivity index (χ2n) is 5.10. The van der Waals surface area contributed by atoms with Gasteiger partial charge in [-0.15, -0.1) is 0 Å². The molecule has 20 heavy (non-hydrogen) atoms. The van der Waals surface area contributed by atoms with E-state index in [0.29, 0.717) is 17.3 Å². The molecule has 2 unspecified atom stereocenters. The molecule has 0 radical (unpaired) electrons. The average molecular weight is 340 g/mol. The molecule has 1 aromatic carbocycles. The summed E-state index contributed by atoms with van der Waals surface area (Å²) in [5.74, 6) is -0.334. The Labute approximate surface area is 127 Å². The molecule has 0 amide bonds. The van der Waals surface area contributed by atoms with Gasteiger partial charge in [0.2, 0.25) is 0 Å². The number of benzene rings is 1. The van der Waals surface area contributed by atoms with Gasteiger partial charge in [0, 0.05) is 25.2 Å². The predicted octanol–water partition coefficient (Wildman–Crippen LogP) is 3.43. The summed E-state index contributed by atoms with van der Waals surface area (Å²) < 4.78 is 14.8. The molecular weight excluding hydrogens is 321 g/mol. The molecular formula is C15H19BrFN3. The lowest BCUT2D eigenvalue weighted by Gasteiger charge is -2.41. The van der Waals surface area contributed by atoms with Crippen LogP contribution in [0.1, 0.15) is 32.3 Å². The van der Waals surface area contributed by atoms with Gasteiger partial charge in [-0.05, 0) is 40.9 Å². The highest BCUT2D eigenvalue weighted by atomic mass is 79.9. The van der Waals surface area contributed by atoms with Gasteiger partial charge in [0.15, 0.2) is 5.82 Å². The Kier molecular flexibility index (Phi) is 5.00. The molecule has 1 saturated heterocycles. The van der Waals surface area contributed by atoms with E-state index in [1.165, 1.54) is 0 Å². The maximum atomic E-state index is 14.5. The second kappa shape index (κ2) is 6.55. The summed E-state index contributed by atoms with van der Waals surface area (Å²) in [6.45, 7) is 5.91. The second-order valence-corrected chi connectivity index (χ2v) is 5.89. The largest absolute Gasteiger partial charge is 0.363 e. The van der Waals surface area contributed by atoms with Crippen molar-refractivity contribution in [3.63, 3.8) is 0 Å². The monoisotopic (exact) mass is 339 g/mol. The van der Waals surface area contributed by atoms with E-state index in [4.69, 9.17) is 5.26 Å². The number of hydrogen-bond acceptors (Lipinski definition) is 3. The number of rotatable bonds is 3. The van der Waals surface area contributed by atoms with Crippen LogP contribution in [0.15, 0.2) is 16.6 Å². The first-order valence-electron chi connectivity index (χ1n) is 7.00. The van der Waals surface area contributed by atoms with Gasteiger partial charge in [-0.3, -0.25) is 0 Å². The number of halogens is 2. The van der Waals surface area contributed by atoms with Gasteiger partial charge < -0.3 is 10.2 Å². The van der Waals surface area contributed by atoms with Crippen molar-refractivity contribution in [1.29, 1.82) is 5.26 Å². The molecule has 2 rings (SSSR count). The van der Waals surface area contributed by atoms with Crippen molar-refractivity contribution in [1.82, 2.24) is 5.32 Å². The molecule has 0 bridgehead atoms. The minimum absolute atomic E-state index is 0.263. The summed E-state index contributed by atoms with van der Waals surface area (Å²) in [6, 6.07) is 6.06. The summed E-state index contributed by atoms with van der Waals surface area (Å²) >= 11 is 3.19. The van der Waals surface area contributed by atoms with E-state index in [9.17, 15) is 4.39 Å². The summed E-state index contributed by atoms with van der Waals surface area (Å²) in [7, 11) is 0. The Hall–Kier alpha value is -1.12. The Balaban J connectivity index is 2.37. The average Bonchev–Trinajstić information content (AvgIpc) is 2.49. The quantitative estimate of drug-likeness (QED) is 0.916. The molecule has 1 N–H and O–H groups in total. The van der Waals surface area contributed by atoms with Crippen LogP contribution >= 0.6 is 15.9 Å². The molecule has 1 aromatic rings. The van der Waals surface area contributed by atoms with Crippen molar-refractivity contribution in [2.24, 2.45) is 0 Å². The van der Waals surface area contributed by atoms with E-state index in [2.05, 4.69) is 40.0 Å². The van der Waals surface area contributed by atoms with Crippen molar-refractivity contribution in [2.75, 3.05) is 18.0 Å². The highest BCUT2D eigenvalue weighted by Gasteiger charge is 2.28. The predicted molar refractivity (Wildman–Crippen MR) is 82.3 cm³/mol. The van der Waals surface area contributed by atoms with E-state index in [1.807, 2.05) is 6.07 Å². The maximum absolute atomic E-state index is 14.5. The minimum Gasteiger partial charge on any atom is -0.363 e. The highest BCUT2D eigenvalue weighted by molar-refractivity contribution is 9.10. The number of anilines is 1. The summed E-state index contributed by atoms with van der Waals surface area (Å²) in [5, 5.41) is 12.5. The molecule has 1 aliphatic rings. The van der Waals surface area contributed by atoms with Gasteiger partial charge in [-0.1, -0.05) is 13.8 Å². The smallest absolute Gasteiger partial charge is 0.161 e. The molecule has 1 aliphatic heterocycles. The number of nitrogens with one attached hydrogen (secondary N) is 1. The van der Waals surface area contributed by atoms with Crippen LogP contribution in [0, 0.1) is 17.1 Å².